The number of piperidine rings is 1. The van der Waals surface area contributed by atoms with Gasteiger partial charge in [0.25, 0.3) is 0 Å². The first-order chi connectivity index (χ1) is 11.7. The summed E-state index contributed by atoms with van der Waals surface area (Å²) in [6.45, 7) is 11.3. The molecule has 6 heteroatoms. The van der Waals surface area contributed by atoms with Crippen LogP contribution in [0.15, 0.2) is 10.7 Å². The molecule has 0 radical (unpaired) electrons. The summed E-state index contributed by atoms with van der Waals surface area (Å²) in [5.74, 6) is 2.13. The molecule has 2 aliphatic heterocycles. The molecular formula is C18H27N5O. The van der Waals surface area contributed by atoms with Crippen molar-refractivity contribution in [2.24, 2.45) is 0 Å². The van der Waals surface area contributed by atoms with Crippen LogP contribution in [0.1, 0.15) is 47.8 Å². The van der Waals surface area contributed by atoms with Crippen molar-refractivity contribution in [3.8, 4) is 0 Å². The Morgan fingerprint density at radius 3 is 2.58 bits per heavy atom. The maximum atomic E-state index is 5.29. The Labute approximate surface area is 143 Å². The lowest BCUT2D eigenvalue weighted by Crippen LogP contribution is -2.33. The van der Waals surface area contributed by atoms with Crippen molar-refractivity contribution in [2.75, 3.05) is 19.6 Å². The number of rotatable bonds is 4. The van der Waals surface area contributed by atoms with Gasteiger partial charge in [0.15, 0.2) is 0 Å². The van der Waals surface area contributed by atoms with Crippen molar-refractivity contribution in [1.29, 1.82) is 0 Å². The van der Waals surface area contributed by atoms with Gasteiger partial charge >= 0.3 is 0 Å². The van der Waals surface area contributed by atoms with Crippen LogP contribution in [0, 0.1) is 13.8 Å². The predicted octanol–water partition coefficient (Wildman–Crippen LogP) is 2.49. The Morgan fingerprint density at radius 2 is 1.83 bits per heavy atom. The fourth-order valence-electron chi connectivity index (χ4n) is 3.87. The van der Waals surface area contributed by atoms with Gasteiger partial charge in [-0.05, 0) is 39.8 Å². The molecular weight excluding hydrogens is 302 g/mol. The van der Waals surface area contributed by atoms with Gasteiger partial charge in [-0.1, -0.05) is 11.6 Å². The Morgan fingerprint density at radius 1 is 1.00 bits per heavy atom. The second kappa shape index (κ2) is 6.69. The minimum atomic E-state index is 0.898. The molecule has 6 nitrogen and oxygen atoms in total. The van der Waals surface area contributed by atoms with Crippen LogP contribution in [0.5, 0.6) is 0 Å². The Kier molecular flexibility index (Phi) is 4.41. The minimum absolute atomic E-state index is 0.898. The largest absolute Gasteiger partial charge is 0.361 e. The molecule has 0 atom stereocenters. The second-order valence-electron chi connectivity index (χ2n) is 7.19. The molecule has 1 saturated heterocycles. The van der Waals surface area contributed by atoms with Gasteiger partial charge in [0.1, 0.15) is 11.6 Å². The van der Waals surface area contributed by atoms with E-state index in [-0.39, 0.29) is 0 Å². The van der Waals surface area contributed by atoms with Crippen LogP contribution in [0.2, 0.25) is 0 Å². The Bertz CT molecular complexity index is 679. The normalized spacial score (nSPS) is 19.6. The summed E-state index contributed by atoms with van der Waals surface area (Å²) in [5.41, 5.74) is 3.46. The van der Waals surface area contributed by atoms with E-state index in [0.29, 0.717) is 0 Å². The maximum absolute atomic E-state index is 5.29. The molecule has 0 aromatic carbocycles. The smallest absolute Gasteiger partial charge is 0.138 e. The molecule has 2 aliphatic rings. The molecule has 2 aromatic rings. The molecule has 2 aromatic heterocycles. The third kappa shape index (κ3) is 3.26. The lowest BCUT2D eigenvalue weighted by Gasteiger charge is -2.27. The van der Waals surface area contributed by atoms with Gasteiger partial charge in [-0.15, -0.1) is 0 Å². The van der Waals surface area contributed by atoms with Crippen LogP contribution in [0.25, 0.3) is 0 Å². The highest BCUT2D eigenvalue weighted by Gasteiger charge is 2.22. The number of likely N-dealkylation sites (tertiary alicyclic amines) is 1. The van der Waals surface area contributed by atoms with Gasteiger partial charge in [0.05, 0.1) is 17.9 Å². The monoisotopic (exact) mass is 329 g/mol. The summed E-state index contributed by atoms with van der Waals surface area (Å²) in [7, 11) is 0. The van der Waals surface area contributed by atoms with E-state index in [2.05, 4.69) is 25.7 Å². The summed E-state index contributed by atoms with van der Waals surface area (Å²) in [5, 5.41) is 4.07. The zero-order valence-corrected chi connectivity index (χ0v) is 14.8. The number of hydrogen-bond donors (Lipinski definition) is 0. The van der Waals surface area contributed by atoms with E-state index in [0.717, 1.165) is 44.2 Å². The first kappa shape index (κ1) is 15.8. The zero-order chi connectivity index (χ0) is 16.5. The number of hydrogen-bond acceptors (Lipinski definition) is 5. The molecule has 24 heavy (non-hydrogen) atoms. The average molecular weight is 329 g/mol. The van der Waals surface area contributed by atoms with E-state index in [4.69, 9.17) is 9.51 Å². The van der Waals surface area contributed by atoms with Crippen molar-refractivity contribution < 1.29 is 4.52 Å². The van der Waals surface area contributed by atoms with Gasteiger partial charge in [-0.3, -0.25) is 9.80 Å². The van der Waals surface area contributed by atoms with Crippen LogP contribution in [0.4, 0.5) is 0 Å². The van der Waals surface area contributed by atoms with Crippen molar-refractivity contribution in [3.05, 3.63) is 34.7 Å². The second-order valence-corrected chi connectivity index (χ2v) is 7.19. The fourth-order valence-corrected chi connectivity index (χ4v) is 3.87. The van der Waals surface area contributed by atoms with E-state index in [9.17, 15) is 0 Å². The Balaban J connectivity index is 1.41. The zero-order valence-electron chi connectivity index (χ0n) is 14.8. The third-order valence-electron chi connectivity index (χ3n) is 5.33. The molecule has 4 rings (SSSR count). The quantitative estimate of drug-likeness (QED) is 0.862. The van der Waals surface area contributed by atoms with Gasteiger partial charge in [0, 0.05) is 37.9 Å². The highest BCUT2D eigenvalue weighted by atomic mass is 16.5. The summed E-state index contributed by atoms with van der Waals surface area (Å²) in [4.78, 5) is 9.89. The van der Waals surface area contributed by atoms with Crippen molar-refractivity contribution in [1.82, 2.24) is 24.5 Å². The van der Waals surface area contributed by atoms with Crippen LogP contribution in [0.3, 0.4) is 0 Å². The number of aromatic nitrogens is 3. The summed E-state index contributed by atoms with van der Waals surface area (Å²) < 4.78 is 7.63. The number of nitrogens with zero attached hydrogens (tertiary/aromatic N) is 5. The van der Waals surface area contributed by atoms with E-state index >= 15 is 0 Å². The van der Waals surface area contributed by atoms with E-state index < -0.39 is 0 Å². The highest BCUT2D eigenvalue weighted by Crippen LogP contribution is 2.20. The van der Waals surface area contributed by atoms with Crippen molar-refractivity contribution in [3.63, 3.8) is 0 Å². The molecule has 0 spiro atoms. The van der Waals surface area contributed by atoms with Crippen LogP contribution < -0.4 is 0 Å². The van der Waals surface area contributed by atoms with Gasteiger partial charge in [-0.25, -0.2) is 4.98 Å². The SMILES string of the molecule is Cc1noc(C)c1CN1CCn2cc(CN3CCCCC3)nc2C1. The maximum Gasteiger partial charge on any atom is 0.138 e. The lowest BCUT2D eigenvalue weighted by atomic mass is 10.1. The third-order valence-corrected chi connectivity index (χ3v) is 5.33. The number of fused-ring (bicyclic) bond motifs is 1. The molecule has 0 bridgehead atoms. The molecule has 0 aliphatic carbocycles. The number of aryl methyl sites for hydroxylation is 2. The average Bonchev–Trinajstić information content (AvgIpc) is 3.12. The Hall–Kier alpha value is -1.66. The molecule has 0 amide bonds. The fraction of sp³-hybridized carbons (Fsp3) is 0.667. The molecule has 4 heterocycles. The summed E-state index contributed by atoms with van der Waals surface area (Å²) in [6.07, 6.45) is 6.31. The van der Waals surface area contributed by atoms with Gasteiger partial charge < -0.3 is 9.09 Å². The molecule has 0 unspecified atom stereocenters. The standard InChI is InChI=1S/C18H27N5O/c1-14-17(15(2)24-20-14)12-22-8-9-23-11-16(19-18(23)13-22)10-21-6-4-3-5-7-21/h11H,3-10,12-13H2,1-2H3. The molecule has 130 valence electrons. The van der Waals surface area contributed by atoms with Crippen molar-refractivity contribution >= 4 is 0 Å². The number of imidazole rings is 1. The van der Waals surface area contributed by atoms with E-state index in [1.54, 1.807) is 0 Å². The van der Waals surface area contributed by atoms with Crippen molar-refractivity contribution in [2.45, 2.75) is 59.3 Å². The summed E-state index contributed by atoms with van der Waals surface area (Å²) in [6, 6.07) is 0. The summed E-state index contributed by atoms with van der Waals surface area (Å²) >= 11 is 0. The first-order valence-corrected chi connectivity index (χ1v) is 9.10. The molecule has 0 saturated carbocycles. The van der Waals surface area contributed by atoms with E-state index in [1.807, 2.05) is 13.8 Å². The molecule has 0 N–H and O–H groups in total. The van der Waals surface area contributed by atoms with Gasteiger partial charge in [0.2, 0.25) is 0 Å². The highest BCUT2D eigenvalue weighted by molar-refractivity contribution is 5.20. The van der Waals surface area contributed by atoms with Crippen LogP contribution in [-0.2, 0) is 26.2 Å². The van der Waals surface area contributed by atoms with Crippen LogP contribution >= 0.6 is 0 Å². The van der Waals surface area contributed by atoms with E-state index in [1.165, 1.54) is 49.4 Å². The first-order valence-electron chi connectivity index (χ1n) is 9.10. The predicted molar refractivity (Wildman–Crippen MR) is 91.4 cm³/mol. The minimum Gasteiger partial charge on any atom is -0.361 e. The van der Waals surface area contributed by atoms with Crippen LogP contribution in [-0.4, -0.2) is 44.1 Å². The topological polar surface area (TPSA) is 50.3 Å². The lowest BCUT2D eigenvalue weighted by molar-refractivity contribution is 0.207. The van der Waals surface area contributed by atoms with Gasteiger partial charge in [-0.2, -0.15) is 0 Å². The molecule has 1 fully saturated rings.